The highest BCUT2D eigenvalue weighted by Crippen LogP contribution is 2.12. The first-order valence-corrected chi connectivity index (χ1v) is 3.58. The number of dihydropyridines is 1. The molecule has 1 aliphatic rings. The number of allylic oxidation sites excluding steroid dienone is 3. The highest BCUT2D eigenvalue weighted by Gasteiger charge is 2.04. The van der Waals surface area contributed by atoms with Crippen LogP contribution in [-0.2, 0) is 4.79 Å². The molecule has 1 N–H and O–H groups in total. The monoisotopic (exact) mass is 149 g/mol. The second-order valence-electron chi connectivity index (χ2n) is 2.37. The van der Waals surface area contributed by atoms with Crippen LogP contribution >= 0.6 is 0 Å². The van der Waals surface area contributed by atoms with Crippen LogP contribution in [0.15, 0.2) is 36.2 Å². The molecule has 1 rings (SSSR count). The van der Waals surface area contributed by atoms with Crippen LogP contribution in [0.5, 0.6) is 0 Å². The van der Waals surface area contributed by atoms with E-state index in [1.54, 1.807) is 6.08 Å². The smallest absolute Gasteiger partial charge is 0.148 e. The van der Waals surface area contributed by atoms with E-state index in [2.05, 4.69) is 11.9 Å². The lowest BCUT2D eigenvalue weighted by Gasteiger charge is -2.12. The number of hydrogen-bond acceptors (Lipinski definition) is 2. The van der Waals surface area contributed by atoms with E-state index in [9.17, 15) is 4.79 Å². The number of hydrogen-bond donors (Lipinski definition) is 1. The number of nitrogens with one attached hydrogen (secondary N) is 1. The fourth-order valence-electron chi connectivity index (χ4n) is 1.01. The zero-order valence-electron chi connectivity index (χ0n) is 6.34. The van der Waals surface area contributed by atoms with Gasteiger partial charge in [-0.15, -0.1) is 6.58 Å². The molecule has 0 spiro atoms. The van der Waals surface area contributed by atoms with Gasteiger partial charge in [0.1, 0.15) is 6.29 Å². The molecule has 0 fully saturated rings. The van der Waals surface area contributed by atoms with Gasteiger partial charge in [0, 0.05) is 17.7 Å². The lowest BCUT2D eigenvalue weighted by molar-refractivity contribution is -0.105. The van der Waals surface area contributed by atoms with Crippen molar-refractivity contribution in [2.45, 2.75) is 12.8 Å². The second kappa shape index (κ2) is 3.76. The number of carbonyl (C=O) groups excluding carboxylic acids is 1. The average molecular weight is 149 g/mol. The quantitative estimate of drug-likeness (QED) is 0.487. The van der Waals surface area contributed by atoms with Crippen molar-refractivity contribution in [3.8, 4) is 0 Å². The van der Waals surface area contributed by atoms with E-state index < -0.39 is 0 Å². The molecule has 0 saturated heterocycles. The predicted octanol–water partition coefficient (Wildman–Crippen LogP) is 1.52. The zero-order valence-corrected chi connectivity index (χ0v) is 6.34. The largest absolute Gasteiger partial charge is 0.365 e. The molecule has 58 valence electrons. The molecular weight excluding hydrogens is 138 g/mol. The van der Waals surface area contributed by atoms with E-state index in [-0.39, 0.29) is 0 Å². The van der Waals surface area contributed by atoms with Gasteiger partial charge in [0.25, 0.3) is 0 Å². The fraction of sp³-hybridized carbons (Fsp3) is 0.222. The molecule has 2 nitrogen and oxygen atoms in total. The summed E-state index contributed by atoms with van der Waals surface area (Å²) in [6, 6.07) is 0. The molecule has 2 heteroatoms. The summed E-state index contributed by atoms with van der Waals surface area (Å²) in [5, 5.41) is 3.02. The highest BCUT2D eigenvalue weighted by atomic mass is 16.1. The Kier molecular flexibility index (Phi) is 2.66. The SMILES string of the molecule is C=CCC1=C(C=O)CC=CN1. The van der Waals surface area contributed by atoms with Crippen LogP contribution in [0.1, 0.15) is 12.8 Å². The lowest BCUT2D eigenvalue weighted by Crippen LogP contribution is -2.11. The average Bonchev–Trinajstić information content (AvgIpc) is 2.06. The Morgan fingerprint density at radius 2 is 2.55 bits per heavy atom. The van der Waals surface area contributed by atoms with Gasteiger partial charge in [-0.1, -0.05) is 12.2 Å². The summed E-state index contributed by atoms with van der Waals surface area (Å²) in [6.45, 7) is 3.61. The van der Waals surface area contributed by atoms with Crippen molar-refractivity contribution in [2.75, 3.05) is 0 Å². The molecule has 0 saturated carbocycles. The Labute approximate surface area is 66.3 Å². The molecule has 0 aromatic carbocycles. The maximum absolute atomic E-state index is 10.5. The molecule has 0 bridgehead atoms. The lowest BCUT2D eigenvalue weighted by atomic mass is 10.1. The minimum Gasteiger partial charge on any atom is -0.365 e. The van der Waals surface area contributed by atoms with Gasteiger partial charge in [0.2, 0.25) is 0 Å². The summed E-state index contributed by atoms with van der Waals surface area (Å²) in [4.78, 5) is 10.5. The molecule has 0 unspecified atom stereocenters. The molecule has 0 aliphatic carbocycles. The molecular formula is C9H11NO. The number of rotatable bonds is 3. The first-order valence-electron chi connectivity index (χ1n) is 3.58. The molecule has 1 heterocycles. The molecule has 0 aromatic heterocycles. The van der Waals surface area contributed by atoms with Gasteiger partial charge >= 0.3 is 0 Å². The Balaban J connectivity index is 2.74. The Morgan fingerprint density at radius 1 is 1.73 bits per heavy atom. The second-order valence-corrected chi connectivity index (χ2v) is 2.37. The minimum atomic E-state index is 0.735. The van der Waals surface area contributed by atoms with Crippen molar-refractivity contribution in [3.63, 3.8) is 0 Å². The van der Waals surface area contributed by atoms with Gasteiger partial charge in [-0.05, 0) is 12.6 Å². The molecule has 1 aliphatic heterocycles. The summed E-state index contributed by atoms with van der Waals surface area (Å²) >= 11 is 0. The molecule has 0 aromatic rings. The van der Waals surface area contributed by atoms with E-state index in [1.165, 1.54) is 0 Å². The fourth-order valence-corrected chi connectivity index (χ4v) is 1.01. The van der Waals surface area contributed by atoms with Gasteiger partial charge in [0.15, 0.2) is 0 Å². The van der Waals surface area contributed by atoms with Gasteiger partial charge in [0.05, 0.1) is 0 Å². The van der Waals surface area contributed by atoms with E-state index >= 15 is 0 Å². The van der Waals surface area contributed by atoms with Crippen molar-refractivity contribution >= 4 is 6.29 Å². The van der Waals surface area contributed by atoms with Crippen molar-refractivity contribution in [1.82, 2.24) is 5.32 Å². The topological polar surface area (TPSA) is 29.1 Å². The van der Waals surface area contributed by atoms with E-state index in [4.69, 9.17) is 0 Å². The van der Waals surface area contributed by atoms with Gasteiger partial charge in [-0.3, -0.25) is 4.79 Å². The maximum atomic E-state index is 10.5. The van der Waals surface area contributed by atoms with Crippen molar-refractivity contribution in [3.05, 3.63) is 36.2 Å². The van der Waals surface area contributed by atoms with Crippen molar-refractivity contribution in [2.24, 2.45) is 0 Å². The summed E-state index contributed by atoms with van der Waals surface area (Å²) in [6.07, 6.45) is 7.93. The molecule has 0 radical (unpaired) electrons. The molecule has 0 atom stereocenters. The van der Waals surface area contributed by atoms with Crippen molar-refractivity contribution in [1.29, 1.82) is 0 Å². The maximum Gasteiger partial charge on any atom is 0.148 e. The number of aldehydes is 1. The highest BCUT2D eigenvalue weighted by molar-refractivity contribution is 5.75. The van der Waals surface area contributed by atoms with Crippen LogP contribution in [0.25, 0.3) is 0 Å². The predicted molar refractivity (Wildman–Crippen MR) is 44.8 cm³/mol. The first-order chi connectivity index (χ1) is 5.38. The van der Waals surface area contributed by atoms with E-state index in [1.807, 2.05) is 12.3 Å². The number of carbonyl (C=O) groups is 1. The normalized spacial score (nSPS) is 16.0. The minimum absolute atomic E-state index is 0.735. The van der Waals surface area contributed by atoms with Crippen LogP contribution in [0, 0.1) is 0 Å². The summed E-state index contributed by atoms with van der Waals surface area (Å²) in [5.74, 6) is 0. The Morgan fingerprint density at radius 3 is 3.18 bits per heavy atom. The van der Waals surface area contributed by atoms with E-state index in [0.717, 1.165) is 30.4 Å². The van der Waals surface area contributed by atoms with Crippen LogP contribution in [0.3, 0.4) is 0 Å². The third-order valence-electron chi connectivity index (χ3n) is 1.59. The third kappa shape index (κ3) is 1.80. The summed E-state index contributed by atoms with van der Waals surface area (Å²) < 4.78 is 0. The van der Waals surface area contributed by atoms with Crippen LogP contribution in [0.4, 0.5) is 0 Å². The third-order valence-corrected chi connectivity index (χ3v) is 1.59. The van der Waals surface area contributed by atoms with Gasteiger partial charge < -0.3 is 5.32 Å². The summed E-state index contributed by atoms with van der Waals surface area (Å²) in [7, 11) is 0. The van der Waals surface area contributed by atoms with E-state index in [0.29, 0.717) is 0 Å². The van der Waals surface area contributed by atoms with Crippen LogP contribution in [-0.4, -0.2) is 6.29 Å². The standard InChI is InChI=1S/C9H11NO/c1-2-4-9-8(7-11)5-3-6-10-9/h2-3,6-7,10H,1,4-5H2. The zero-order chi connectivity index (χ0) is 8.10. The first kappa shape index (κ1) is 7.79. The van der Waals surface area contributed by atoms with Crippen LogP contribution in [0.2, 0.25) is 0 Å². The van der Waals surface area contributed by atoms with Gasteiger partial charge in [-0.2, -0.15) is 0 Å². The Hall–Kier alpha value is -1.31. The van der Waals surface area contributed by atoms with Crippen molar-refractivity contribution < 1.29 is 4.79 Å². The molecule has 11 heavy (non-hydrogen) atoms. The molecule has 0 amide bonds. The van der Waals surface area contributed by atoms with Crippen LogP contribution < -0.4 is 5.32 Å². The summed E-state index contributed by atoms with van der Waals surface area (Å²) in [5.41, 5.74) is 1.80. The van der Waals surface area contributed by atoms with Gasteiger partial charge in [-0.25, -0.2) is 0 Å². The Bertz CT molecular complexity index is 222.